The van der Waals surface area contributed by atoms with Gasteiger partial charge in [-0.1, -0.05) is 0 Å². The second kappa shape index (κ2) is 4.20. The molecule has 5 nitrogen and oxygen atoms in total. The summed E-state index contributed by atoms with van der Waals surface area (Å²) in [6.45, 7) is 0. The summed E-state index contributed by atoms with van der Waals surface area (Å²) in [4.78, 5) is 4.10. The van der Waals surface area contributed by atoms with E-state index in [1.807, 2.05) is 10.5 Å². The summed E-state index contributed by atoms with van der Waals surface area (Å²) in [5.74, 6) is 0.697. The van der Waals surface area contributed by atoms with Crippen LogP contribution in [0.1, 0.15) is 5.56 Å². The van der Waals surface area contributed by atoms with Crippen molar-refractivity contribution in [3.63, 3.8) is 0 Å². The van der Waals surface area contributed by atoms with Crippen molar-refractivity contribution in [3.05, 3.63) is 46.8 Å². The molecule has 3 aromatic rings. The van der Waals surface area contributed by atoms with Gasteiger partial charge in [-0.25, -0.2) is 0 Å². The van der Waals surface area contributed by atoms with E-state index in [1.165, 1.54) is 0 Å². The van der Waals surface area contributed by atoms with E-state index in [0.717, 1.165) is 10.0 Å². The molecule has 3 heterocycles. The molecule has 0 aromatic carbocycles. The second-order valence-electron chi connectivity index (χ2n) is 3.67. The van der Waals surface area contributed by atoms with E-state index in [-0.39, 0.29) is 0 Å². The van der Waals surface area contributed by atoms with Gasteiger partial charge in [0.05, 0.1) is 11.6 Å². The van der Waals surface area contributed by atoms with Crippen molar-refractivity contribution in [2.24, 2.45) is 0 Å². The Morgan fingerprint density at radius 3 is 2.89 bits per heavy atom. The summed E-state index contributed by atoms with van der Waals surface area (Å²) < 4.78 is 2.70. The minimum absolute atomic E-state index is 0.564. The van der Waals surface area contributed by atoms with Crippen LogP contribution in [-0.2, 0) is 0 Å². The van der Waals surface area contributed by atoms with E-state index in [2.05, 4.69) is 37.2 Å². The topological polar surface area (TPSA) is 66.9 Å². The first-order chi connectivity index (χ1) is 8.78. The Balaban J connectivity index is 2.22. The summed E-state index contributed by atoms with van der Waals surface area (Å²) in [6.07, 6.45) is 5.21. The zero-order chi connectivity index (χ0) is 12.5. The van der Waals surface area contributed by atoms with Crippen molar-refractivity contribution in [1.82, 2.24) is 19.6 Å². The fraction of sp³-hybridized carbons (Fsp3) is 0. The van der Waals surface area contributed by atoms with Crippen molar-refractivity contribution in [1.29, 1.82) is 5.26 Å². The highest BCUT2D eigenvalue weighted by molar-refractivity contribution is 9.10. The summed E-state index contributed by atoms with van der Waals surface area (Å²) in [5.41, 5.74) is 2.07. The molecule has 86 valence electrons. The standard InChI is InChI=1S/C12H6BrN5/c13-10-4-9(6-15-7-10)12-17-16-11-3-8(5-14)1-2-18(11)12/h1-4,6-7H. The average molecular weight is 300 g/mol. The first-order valence-electron chi connectivity index (χ1n) is 5.14. The lowest BCUT2D eigenvalue weighted by atomic mass is 10.2. The van der Waals surface area contributed by atoms with E-state index >= 15 is 0 Å². The molecular formula is C12H6BrN5. The van der Waals surface area contributed by atoms with Crippen molar-refractivity contribution in [3.8, 4) is 17.5 Å². The molecule has 6 heteroatoms. The Hall–Kier alpha value is -2.26. The number of fused-ring (bicyclic) bond motifs is 1. The van der Waals surface area contributed by atoms with Crippen LogP contribution in [0.4, 0.5) is 0 Å². The average Bonchev–Trinajstić information content (AvgIpc) is 2.81. The normalized spacial score (nSPS) is 10.4. The maximum Gasteiger partial charge on any atom is 0.169 e. The first kappa shape index (κ1) is 10.9. The van der Waals surface area contributed by atoms with Crippen LogP contribution in [0.2, 0.25) is 0 Å². The maximum absolute atomic E-state index is 8.83. The predicted octanol–water partition coefficient (Wildman–Crippen LogP) is 2.43. The molecule has 0 saturated carbocycles. The van der Waals surface area contributed by atoms with Gasteiger partial charge in [-0.2, -0.15) is 5.26 Å². The van der Waals surface area contributed by atoms with Crippen LogP contribution in [0.25, 0.3) is 17.0 Å². The van der Waals surface area contributed by atoms with Crippen molar-refractivity contribution >= 4 is 21.6 Å². The molecule has 0 aliphatic rings. The van der Waals surface area contributed by atoms with Gasteiger partial charge in [0.15, 0.2) is 11.5 Å². The van der Waals surface area contributed by atoms with Crippen molar-refractivity contribution < 1.29 is 0 Å². The SMILES string of the molecule is N#Cc1ccn2c(-c3cncc(Br)c3)nnc2c1. The maximum atomic E-state index is 8.83. The number of hydrogen-bond acceptors (Lipinski definition) is 4. The minimum atomic E-state index is 0.564. The van der Waals surface area contributed by atoms with E-state index < -0.39 is 0 Å². The van der Waals surface area contributed by atoms with E-state index in [4.69, 9.17) is 5.26 Å². The summed E-state index contributed by atoms with van der Waals surface area (Å²) in [5, 5.41) is 17.0. The largest absolute Gasteiger partial charge is 0.282 e. The van der Waals surface area contributed by atoms with Crippen LogP contribution in [-0.4, -0.2) is 19.6 Å². The molecule has 0 unspecified atom stereocenters. The Morgan fingerprint density at radius 1 is 1.22 bits per heavy atom. The number of halogens is 1. The molecule has 3 rings (SSSR count). The molecule has 0 atom stereocenters. The molecule has 0 saturated heterocycles. The molecular weight excluding hydrogens is 294 g/mol. The third-order valence-electron chi connectivity index (χ3n) is 2.50. The fourth-order valence-corrected chi connectivity index (χ4v) is 2.06. The molecule has 3 aromatic heterocycles. The van der Waals surface area contributed by atoms with Gasteiger partial charge < -0.3 is 0 Å². The van der Waals surface area contributed by atoms with Gasteiger partial charge in [-0.05, 0) is 28.1 Å². The Labute approximate surface area is 111 Å². The van der Waals surface area contributed by atoms with Gasteiger partial charge in [-0.3, -0.25) is 9.38 Å². The van der Waals surface area contributed by atoms with Gasteiger partial charge in [-0.15, -0.1) is 10.2 Å². The lowest BCUT2D eigenvalue weighted by Crippen LogP contribution is -1.90. The fourth-order valence-electron chi connectivity index (χ4n) is 1.69. The second-order valence-corrected chi connectivity index (χ2v) is 4.59. The van der Waals surface area contributed by atoms with Crippen molar-refractivity contribution in [2.75, 3.05) is 0 Å². The molecule has 0 fully saturated rings. The molecule has 0 N–H and O–H groups in total. The van der Waals surface area contributed by atoms with Gasteiger partial charge in [0, 0.05) is 34.7 Å². The predicted molar refractivity (Wildman–Crippen MR) is 68.6 cm³/mol. The highest BCUT2D eigenvalue weighted by Crippen LogP contribution is 2.21. The van der Waals surface area contributed by atoms with Crippen LogP contribution in [0.15, 0.2) is 41.3 Å². The highest BCUT2D eigenvalue weighted by Gasteiger charge is 2.09. The molecule has 0 aliphatic carbocycles. The monoisotopic (exact) mass is 299 g/mol. The third-order valence-corrected chi connectivity index (χ3v) is 2.94. The van der Waals surface area contributed by atoms with Crippen LogP contribution in [0.3, 0.4) is 0 Å². The molecule has 0 aliphatic heterocycles. The van der Waals surface area contributed by atoms with Crippen LogP contribution in [0, 0.1) is 11.3 Å². The molecule has 0 radical (unpaired) electrons. The number of hydrogen-bond donors (Lipinski definition) is 0. The van der Waals surface area contributed by atoms with E-state index in [0.29, 0.717) is 17.0 Å². The molecule has 0 bridgehead atoms. The van der Waals surface area contributed by atoms with Crippen LogP contribution < -0.4 is 0 Å². The smallest absolute Gasteiger partial charge is 0.169 e. The van der Waals surface area contributed by atoms with Crippen LogP contribution in [0.5, 0.6) is 0 Å². The third kappa shape index (κ3) is 1.75. The number of nitriles is 1. The van der Waals surface area contributed by atoms with Gasteiger partial charge >= 0.3 is 0 Å². The lowest BCUT2D eigenvalue weighted by molar-refractivity contribution is 1.10. The summed E-state index contributed by atoms with van der Waals surface area (Å²) in [6, 6.07) is 7.42. The van der Waals surface area contributed by atoms with Gasteiger partial charge in [0.2, 0.25) is 0 Å². The Bertz CT molecular complexity index is 771. The Morgan fingerprint density at radius 2 is 2.11 bits per heavy atom. The zero-order valence-electron chi connectivity index (χ0n) is 9.08. The number of rotatable bonds is 1. The van der Waals surface area contributed by atoms with E-state index in [1.54, 1.807) is 30.7 Å². The molecule has 18 heavy (non-hydrogen) atoms. The Kier molecular flexibility index (Phi) is 2.54. The van der Waals surface area contributed by atoms with Gasteiger partial charge in [0.1, 0.15) is 0 Å². The quantitative estimate of drug-likeness (QED) is 0.692. The number of nitrogens with zero attached hydrogens (tertiary/aromatic N) is 5. The minimum Gasteiger partial charge on any atom is -0.282 e. The zero-order valence-corrected chi connectivity index (χ0v) is 10.7. The van der Waals surface area contributed by atoms with Crippen molar-refractivity contribution in [2.45, 2.75) is 0 Å². The lowest BCUT2D eigenvalue weighted by Gasteiger charge is -2.00. The van der Waals surface area contributed by atoms with E-state index in [9.17, 15) is 0 Å². The van der Waals surface area contributed by atoms with Gasteiger partial charge in [0.25, 0.3) is 0 Å². The first-order valence-corrected chi connectivity index (χ1v) is 5.93. The van der Waals surface area contributed by atoms with Crippen LogP contribution >= 0.6 is 15.9 Å². The summed E-state index contributed by atoms with van der Waals surface area (Å²) in [7, 11) is 0. The highest BCUT2D eigenvalue weighted by atomic mass is 79.9. The molecule has 0 amide bonds. The number of pyridine rings is 2. The molecule has 0 spiro atoms. The number of aromatic nitrogens is 4. The summed E-state index contributed by atoms with van der Waals surface area (Å²) >= 11 is 3.37.